The van der Waals surface area contributed by atoms with Crippen molar-refractivity contribution in [3.05, 3.63) is 35.5 Å². The van der Waals surface area contributed by atoms with Gasteiger partial charge in [0.2, 0.25) is 0 Å². The number of benzene rings is 1. The Morgan fingerprint density at radius 1 is 1.22 bits per heavy atom. The molecule has 4 nitrogen and oxygen atoms in total. The number of nitrogens with one attached hydrogen (secondary N) is 2. The van der Waals surface area contributed by atoms with Crippen LogP contribution in [0.3, 0.4) is 0 Å². The lowest BCUT2D eigenvalue weighted by atomic mass is 10.1. The summed E-state index contributed by atoms with van der Waals surface area (Å²) in [5.41, 5.74) is 2.06. The van der Waals surface area contributed by atoms with Gasteiger partial charge in [0, 0.05) is 22.6 Å². The maximum absolute atomic E-state index is 12.1. The van der Waals surface area contributed by atoms with Crippen LogP contribution in [0.25, 0.3) is 10.9 Å². The van der Waals surface area contributed by atoms with Crippen LogP contribution in [0, 0.1) is 6.92 Å². The van der Waals surface area contributed by atoms with Crippen molar-refractivity contribution < 1.29 is 9.59 Å². The summed E-state index contributed by atoms with van der Waals surface area (Å²) in [4.78, 5) is 27.0. The molecule has 94 valence electrons. The number of hydrogen-bond acceptors (Lipinski definition) is 2. The molecule has 2 N–H and O–H groups in total. The van der Waals surface area contributed by atoms with Crippen molar-refractivity contribution in [3.8, 4) is 0 Å². The second kappa shape index (κ2) is 4.64. The zero-order chi connectivity index (χ0) is 13.3. The SMILES string of the molecule is Cc1[nH]c2ccccc2c1C(=O)C(=O)NC(C)C. The van der Waals surface area contributed by atoms with Crippen LogP contribution in [-0.4, -0.2) is 22.7 Å². The van der Waals surface area contributed by atoms with Crippen LogP contribution in [0.1, 0.15) is 29.9 Å². The van der Waals surface area contributed by atoms with Gasteiger partial charge in [0.1, 0.15) is 0 Å². The summed E-state index contributed by atoms with van der Waals surface area (Å²) in [5, 5.41) is 3.41. The summed E-state index contributed by atoms with van der Waals surface area (Å²) < 4.78 is 0. The molecule has 0 atom stereocenters. The molecule has 1 heterocycles. The molecular formula is C14H16N2O2. The van der Waals surface area contributed by atoms with E-state index in [9.17, 15) is 9.59 Å². The van der Waals surface area contributed by atoms with E-state index in [1.165, 1.54) is 0 Å². The molecule has 1 aromatic heterocycles. The molecule has 4 heteroatoms. The Bertz CT molecular complexity index is 611. The zero-order valence-electron chi connectivity index (χ0n) is 10.7. The monoisotopic (exact) mass is 244 g/mol. The molecule has 0 unspecified atom stereocenters. The largest absolute Gasteiger partial charge is 0.358 e. The lowest BCUT2D eigenvalue weighted by Gasteiger charge is -2.07. The fourth-order valence-electron chi connectivity index (χ4n) is 2.01. The van der Waals surface area contributed by atoms with Gasteiger partial charge in [-0.15, -0.1) is 0 Å². The number of aromatic nitrogens is 1. The number of rotatable bonds is 3. The maximum atomic E-state index is 12.1. The number of Topliss-reactive ketones (excluding diaryl/α,β-unsaturated/α-hetero) is 1. The normalized spacial score (nSPS) is 10.9. The molecule has 0 aliphatic heterocycles. The van der Waals surface area contributed by atoms with Crippen molar-refractivity contribution >= 4 is 22.6 Å². The Labute approximate surface area is 105 Å². The van der Waals surface area contributed by atoms with Gasteiger partial charge in [-0.05, 0) is 26.8 Å². The molecule has 1 aromatic carbocycles. The molecular weight excluding hydrogens is 228 g/mol. The quantitative estimate of drug-likeness (QED) is 0.642. The number of aromatic amines is 1. The maximum Gasteiger partial charge on any atom is 0.292 e. The third kappa shape index (κ3) is 2.14. The van der Waals surface area contributed by atoms with Crippen LogP contribution >= 0.6 is 0 Å². The number of carbonyl (C=O) groups is 2. The number of H-pyrrole nitrogens is 1. The van der Waals surface area contributed by atoms with Gasteiger partial charge in [-0.2, -0.15) is 0 Å². The fourth-order valence-corrected chi connectivity index (χ4v) is 2.01. The smallest absolute Gasteiger partial charge is 0.292 e. The van der Waals surface area contributed by atoms with E-state index in [1.54, 1.807) is 6.92 Å². The van der Waals surface area contributed by atoms with E-state index in [0.29, 0.717) is 5.56 Å². The van der Waals surface area contributed by atoms with E-state index in [1.807, 2.05) is 38.1 Å². The van der Waals surface area contributed by atoms with Gasteiger partial charge >= 0.3 is 0 Å². The minimum absolute atomic E-state index is 0.0491. The Kier molecular flexibility index (Phi) is 3.19. The van der Waals surface area contributed by atoms with Crippen LogP contribution in [0.15, 0.2) is 24.3 Å². The van der Waals surface area contributed by atoms with Gasteiger partial charge < -0.3 is 10.3 Å². The highest BCUT2D eigenvalue weighted by molar-refractivity contribution is 6.45. The third-order valence-electron chi connectivity index (χ3n) is 2.75. The molecule has 0 bridgehead atoms. The van der Waals surface area contributed by atoms with E-state index in [-0.39, 0.29) is 6.04 Å². The molecule has 0 spiro atoms. The average molecular weight is 244 g/mol. The minimum atomic E-state index is -0.558. The number of amides is 1. The Balaban J connectivity index is 2.44. The van der Waals surface area contributed by atoms with E-state index in [0.717, 1.165) is 16.6 Å². The minimum Gasteiger partial charge on any atom is -0.358 e. The molecule has 1 amide bonds. The van der Waals surface area contributed by atoms with Crippen LogP contribution in [-0.2, 0) is 4.79 Å². The first-order valence-electron chi connectivity index (χ1n) is 5.93. The van der Waals surface area contributed by atoms with Gasteiger partial charge in [-0.3, -0.25) is 9.59 Å². The van der Waals surface area contributed by atoms with Crippen molar-refractivity contribution in [2.45, 2.75) is 26.8 Å². The van der Waals surface area contributed by atoms with Gasteiger partial charge in [0.25, 0.3) is 11.7 Å². The van der Waals surface area contributed by atoms with Crippen molar-refractivity contribution in [2.75, 3.05) is 0 Å². The van der Waals surface area contributed by atoms with Gasteiger partial charge in [0.15, 0.2) is 0 Å². The highest BCUT2D eigenvalue weighted by Crippen LogP contribution is 2.22. The van der Waals surface area contributed by atoms with Gasteiger partial charge in [-0.25, -0.2) is 0 Å². The first kappa shape index (κ1) is 12.4. The first-order valence-corrected chi connectivity index (χ1v) is 5.93. The molecule has 2 rings (SSSR count). The zero-order valence-corrected chi connectivity index (χ0v) is 10.7. The summed E-state index contributed by atoms with van der Waals surface area (Å²) >= 11 is 0. The fraction of sp³-hybridized carbons (Fsp3) is 0.286. The predicted octanol–water partition coefficient (Wildman–Crippen LogP) is 2.18. The van der Waals surface area contributed by atoms with Gasteiger partial charge in [0.05, 0.1) is 5.56 Å². The molecule has 2 aromatic rings. The van der Waals surface area contributed by atoms with Crippen molar-refractivity contribution in [3.63, 3.8) is 0 Å². The summed E-state index contributed by atoms with van der Waals surface area (Å²) in [6.45, 7) is 5.45. The van der Waals surface area contributed by atoms with Crippen LogP contribution in [0.4, 0.5) is 0 Å². The van der Waals surface area contributed by atoms with Crippen LogP contribution < -0.4 is 5.32 Å². The highest BCUT2D eigenvalue weighted by atomic mass is 16.2. The summed E-state index contributed by atoms with van der Waals surface area (Å²) in [6, 6.07) is 7.42. The Morgan fingerprint density at radius 2 is 1.89 bits per heavy atom. The number of aryl methyl sites for hydroxylation is 1. The molecule has 0 aliphatic rings. The topological polar surface area (TPSA) is 62.0 Å². The number of carbonyl (C=O) groups excluding carboxylic acids is 2. The number of para-hydroxylation sites is 1. The number of ketones is 1. The van der Waals surface area contributed by atoms with E-state index in [4.69, 9.17) is 0 Å². The molecule has 18 heavy (non-hydrogen) atoms. The van der Waals surface area contributed by atoms with Crippen molar-refractivity contribution in [1.82, 2.24) is 10.3 Å². The second-order valence-electron chi connectivity index (χ2n) is 4.63. The van der Waals surface area contributed by atoms with Crippen LogP contribution in [0.2, 0.25) is 0 Å². The predicted molar refractivity (Wildman–Crippen MR) is 70.6 cm³/mol. The Hall–Kier alpha value is -2.10. The van der Waals surface area contributed by atoms with E-state index in [2.05, 4.69) is 10.3 Å². The first-order chi connectivity index (χ1) is 8.50. The van der Waals surface area contributed by atoms with Crippen molar-refractivity contribution in [1.29, 1.82) is 0 Å². The summed E-state index contributed by atoms with van der Waals surface area (Å²) in [5.74, 6) is -1.04. The van der Waals surface area contributed by atoms with E-state index >= 15 is 0 Å². The van der Waals surface area contributed by atoms with E-state index < -0.39 is 11.7 Å². The second-order valence-corrected chi connectivity index (χ2v) is 4.63. The standard InChI is InChI=1S/C14H16N2O2/c1-8(2)15-14(18)13(17)12-9(3)16-11-7-5-4-6-10(11)12/h4-8,16H,1-3H3,(H,15,18). The highest BCUT2D eigenvalue weighted by Gasteiger charge is 2.22. The molecule has 0 fully saturated rings. The molecule has 0 saturated carbocycles. The summed E-state index contributed by atoms with van der Waals surface area (Å²) in [7, 11) is 0. The van der Waals surface area contributed by atoms with Crippen LogP contribution in [0.5, 0.6) is 0 Å². The Morgan fingerprint density at radius 3 is 2.56 bits per heavy atom. The lowest BCUT2D eigenvalue weighted by Crippen LogP contribution is -2.36. The average Bonchev–Trinajstić information content (AvgIpc) is 2.63. The molecule has 0 radical (unpaired) electrons. The molecule has 0 saturated heterocycles. The lowest BCUT2D eigenvalue weighted by molar-refractivity contribution is -0.117. The third-order valence-corrected chi connectivity index (χ3v) is 2.75. The summed E-state index contributed by atoms with van der Waals surface area (Å²) in [6.07, 6.45) is 0. The number of fused-ring (bicyclic) bond motifs is 1. The van der Waals surface area contributed by atoms with Gasteiger partial charge in [-0.1, -0.05) is 18.2 Å². The number of hydrogen-bond donors (Lipinski definition) is 2. The molecule has 0 aliphatic carbocycles. The van der Waals surface area contributed by atoms with Crippen molar-refractivity contribution in [2.24, 2.45) is 0 Å².